The van der Waals surface area contributed by atoms with Gasteiger partial charge in [-0.15, -0.1) is 0 Å². The highest BCUT2D eigenvalue weighted by Crippen LogP contribution is 2.33. The molecule has 1 aromatic heterocycles. The van der Waals surface area contributed by atoms with E-state index in [4.69, 9.17) is 0 Å². The molecule has 0 aliphatic carbocycles. The summed E-state index contributed by atoms with van der Waals surface area (Å²) >= 11 is 1.26. The molecule has 6 heteroatoms. The van der Waals surface area contributed by atoms with Crippen molar-refractivity contribution in [1.82, 2.24) is 9.88 Å². The first-order valence-corrected chi connectivity index (χ1v) is 7.42. The Balaban J connectivity index is 1.92. The number of aliphatic imine (C=N–C) groups is 1. The van der Waals surface area contributed by atoms with E-state index in [-0.39, 0.29) is 11.7 Å². The van der Waals surface area contributed by atoms with E-state index in [0.29, 0.717) is 21.5 Å². The third kappa shape index (κ3) is 2.87. The molecule has 5 nitrogen and oxygen atoms in total. The van der Waals surface area contributed by atoms with Crippen molar-refractivity contribution in [1.29, 1.82) is 0 Å². The Morgan fingerprint density at radius 1 is 1.23 bits per heavy atom. The minimum absolute atomic E-state index is 0.140. The van der Waals surface area contributed by atoms with E-state index in [0.717, 1.165) is 0 Å². The molecule has 2 aromatic rings. The van der Waals surface area contributed by atoms with Gasteiger partial charge in [0.05, 0.1) is 4.91 Å². The van der Waals surface area contributed by atoms with Crippen molar-refractivity contribution >= 4 is 34.7 Å². The number of hydrogen-bond donors (Lipinski definition) is 1. The minimum Gasteiger partial charge on any atom is -0.507 e. The minimum atomic E-state index is -0.150. The predicted octanol–water partition coefficient (Wildman–Crippen LogP) is 3.02. The Bertz CT molecular complexity index is 772. The largest absolute Gasteiger partial charge is 0.507 e. The zero-order valence-electron chi connectivity index (χ0n) is 11.8. The standard InChI is InChI=1S/C16H13N3O2S/c1-19-15(21)13(10-11-6-2-3-7-12(11)20)22-16(19)18-14-8-4-5-9-17-14/h2-10,20H,1H3/b13-10-,18-16+. The topological polar surface area (TPSA) is 65.8 Å². The number of amidine groups is 1. The molecule has 110 valence electrons. The number of phenolic OH excluding ortho intramolecular Hbond substituents is 1. The summed E-state index contributed by atoms with van der Waals surface area (Å²) in [5, 5.41) is 10.4. The molecule has 1 N–H and O–H groups in total. The molecule has 0 saturated carbocycles. The van der Waals surface area contributed by atoms with Crippen LogP contribution in [0, 0.1) is 0 Å². The Labute approximate surface area is 132 Å². The molecule has 1 aliphatic heterocycles. The third-order valence-electron chi connectivity index (χ3n) is 3.09. The van der Waals surface area contributed by atoms with E-state index in [1.54, 1.807) is 43.6 Å². The van der Waals surface area contributed by atoms with Crippen LogP contribution in [0.5, 0.6) is 5.75 Å². The lowest BCUT2D eigenvalue weighted by atomic mass is 10.2. The van der Waals surface area contributed by atoms with Gasteiger partial charge in [0, 0.05) is 18.8 Å². The Hall–Kier alpha value is -2.60. The van der Waals surface area contributed by atoms with Gasteiger partial charge in [-0.1, -0.05) is 24.3 Å². The maximum atomic E-state index is 12.3. The molecule has 0 radical (unpaired) electrons. The number of aromatic hydroxyl groups is 1. The summed E-state index contributed by atoms with van der Waals surface area (Å²) in [6.07, 6.45) is 3.32. The first kappa shape index (κ1) is 14.3. The van der Waals surface area contributed by atoms with Crippen molar-refractivity contribution in [3.05, 3.63) is 59.1 Å². The SMILES string of the molecule is CN1C(=O)/C(=C/c2ccccc2O)S/C1=N/c1ccccn1. The Morgan fingerprint density at radius 3 is 2.73 bits per heavy atom. The number of likely N-dealkylation sites (N-methyl/N-ethyl adjacent to an activating group) is 1. The van der Waals surface area contributed by atoms with Crippen LogP contribution >= 0.6 is 11.8 Å². The number of carbonyl (C=O) groups is 1. The van der Waals surface area contributed by atoms with Crippen LogP contribution in [0.2, 0.25) is 0 Å². The second kappa shape index (κ2) is 6.03. The van der Waals surface area contributed by atoms with Gasteiger partial charge in [0.2, 0.25) is 0 Å². The maximum absolute atomic E-state index is 12.3. The van der Waals surface area contributed by atoms with E-state index >= 15 is 0 Å². The van der Waals surface area contributed by atoms with Crippen LogP contribution in [0.25, 0.3) is 6.08 Å². The summed E-state index contributed by atoms with van der Waals surface area (Å²) in [6, 6.07) is 12.3. The highest BCUT2D eigenvalue weighted by atomic mass is 32.2. The van der Waals surface area contributed by atoms with E-state index in [9.17, 15) is 9.90 Å². The van der Waals surface area contributed by atoms with Crippen LogP contribution in [0.1, 0.15) is 5.56 Å². The average Bonchev–Trinajstić information content (AvgIpc) is 2.79. The number of rotatable bonds is 2. The molecule has 0 atom stereocenters. The van der Waals surface area contributed by atoms with Gasteiger partial charge in [0.15, 0.2) is 11.0 Å². The van der Waals surface area contributed by atoms with Gasteiger partial charge >= 0.3 is 0 Å². The molecule has 1 fully saturated rings. The average molecular weight is 311 g/mol. The summed E-state index contributed by atoms with van der Waals surface area (Å²) in [5.41, 5.74) is 0.603. The molecule has 1 aromatic carbocycles. The lowest BCUT2D eigenvalue weighted by Crippen LogP contribution is -2.23. The Morgan fingerprint density at radius 2 is 2.00 bits per heavy atom. The van der Waals surface area contributed by atoms with Crippen molar-refractivity contribution in [3.63, 3.8) is 0 Å². The van der Waals surface area contributed by atoms with Crippen molar-refractivity contribution in [2.75, 3.05) is 7.05 Å². The third-order valence-corrected chi connectivity index (χ3v) is 4.15. The van der Waals surface area contributed by atoms with Gasteiger partial charge < -0.3 is 5.11 Å². The highest BCUT2D eigenvalue weighted by molar-refractivity contribution is 8.18. The van der Waals surface area contributed by atoms with Crippen molar-refractivity contribution in [2.45, 2.75) is 0 Å². The quantitative estimate of drug-likeness (QED) is 0.866. The molecule has 0 spiro atoms. The van der Waals surface area contributed by atoms with Gasteiger partial charge in [-0.3, -0.25) is 9.69 Å². The number of nitrogens with zero attached hydrogens (tertiary/aromatic N) is 3. The van der Waals surface area contributed by atoms with Crippen molar-refractivity contribution in [3.8, 4) is 5.75 Å². The van der Waals surface area contributed by atoms with E-state index in [1.165, 1.54) is 16.7 Å². The van der Waals surface area contributed by atoms with E-state index in [2.05, 4.69) is 9.98 Å². The fraction of sp³-hybridized carbons (Fsp3) is 0.0625. The number of para-hydroxylation sites is 1. The number of carbonyl (C=O) groups excluding carboxylic acids is 1. The zero-order valence-corrected chi connectivity index (χ0v) is 12.6. The molecule has 2 heterocycles. The summed E-state index contributed by atoms with van der Waals surface area (Å²) < 4.78 is 0. The van der Waals surface area contributed by atoms with Gasteiger partial charge in [-0.25, -0.2) is 9.98 Å². The van der Waals surface area contributed by atoms with Gasteiger partial charge in [-0.05, 0) is 36.0 Å². The Kier molecular flexibility index (Phi) is 3.93. The van der Waals surface area contributed by atoms with E-state index < -0.39 is 0 Å². The van der Waals surface area contributed by atoms with Crippen molar-refractivity contribution in [2.24, 2.45) is 4.99 Å². The first-order valence-electron chi connectivity index (χ1n) is 6.60. The molecule has 0 unspecified atom stereocenters. The first-order chi connectivity index (χ1) is 10.6. The molecule has 22 heavy (non-hydrogen) atoms. The smallest absolute Gasteiger partial charge is 0.266 e. The fourth-order valence-corrected chi connectivity index (χ4v) is 2.89. The molecular weight excluding hydrogens is 298 g/mol. The van der Waals surface area contributed by atoms with Crippen LogP contribution < -0.4 is 0 Å². The molecule has 1 amide bonds. The summed E-state index contributed by atoms with van der Waals surface area (Å²) in [4.78, 5) is 22.8. The van der Waals surface area contributed by atoms with Gasteiger partial charge in [0.25, 0.3) is 5.91 Å². The second-order valence-corrected chi connectivity index (χ2v) is 5.63. The monoisotopic (exact) mass is 311 g/mol. The number of pyridine rings is 1. The molecule has 1 aliphatic rings. The summed E-state index contributed by atoms with van der Waals surface area (Å²) in [7, 11) is 1.67. The predicted molar refractivity (Wildman–Crippen MR) is 87.8 cm³/mol. The van der Waals surface area contributed by atoms with Crippen LogP contribution in [0.3, 0.4) is 0 Å². The number of benzene rings is 1. The number of amides is 1. The summed E-state index contributed by atoms with van der Waals surface area (Å²) in [6.45, 7) is 0. The van der Waals surface area contributed by atoms with E-state index in [1.807, 2.05) is 18.2 Å². The number of aromatic nitrogens is 1. The van der Waals surface area contributed by atoms with Crippen LogP contribution in [0.15, 0.2) is 58.6 Å². The fourth-order valence-electron chi connectivity index (χ4n) is 1.92. The number of thioether (sulfide) groups is 1. The van der Waals surface area contributed by atoms with Gasteiger partial charge in [-0.2, -0.15) is 0 Å². The molecule has 1 saturated heterocycles. The van der Waals surface area contributed by atoms with Crippen LogP contribution in [0.4, 0.5) is 5.82 Å². The molecule has 3 rings (SSSR count). The summed E-state index contributed by atoms with van der Waals surface area (Å²) in [5.74, 6) is 0.539. The van der Waals surface area contributed by atoms with Crippen molar-refractivity contribution < 1.29 is 9.90 Å². The lowest BCUT2D eigenvalue weighted by Gasteiger charge is -2.06. The maximum Gasteiger partial charge on any atom is 0.266 e. The molecule has 0 bridgehead atoms. The zero-order chi connectivity index (χ0) is 15.5. The second-order valence-electron chi connectivity index (χ2n) is 4.62. The molecular formula is C16H13N3O2S. The van der Waals surface area contributed by atoms with Gasteiger partial charge in [0.1, 0.15) is 5.75 Å². The van der Waals surface area contributed by atoms with Crippen LogP contribution in [-0.2, 0) is 4.79 Å². The number of phenols is 1. The number of hydrogen-bond acceptors (Lipinski definition) is 5. The highest BCUT2D eigenvalue weighted by Gasteiger charge is 2.30. The normalized spacial score (nSPS) is 18.4. The lowest BCUT2D eigenvalue weighted by molar-refractivity contribution is -0.121. The van der Waals surface area contributed by atoms with Crippen LogP contribution in [-0.4, -0.2) is 33.1 Å².